The molecule has 2 fully saturated rings. The summed E-state index contributed by atoms with van der Waals surface area (Å²) >= 11 is 6.02. The van der Waals surface area contributed by atoms with Crippen LogP contribution in [0.2, 0.25) is 5.02 Å². The van der Waals surface area contributed by atoms with E-state index in [9.17, 15) is 0 Å². The molecule has 3 rings (SSSR count). The topological polar surface area (TPSA) is 21.3 Å². The lowest BCUT2D eigenvalue weighted by atomic mass is 9.64. The number of hydrogen-bond donors (Lipinski definition) is 1. The van der Waals surface area contributed by atoms with Gasteiger partial charge in [-0.25, -0.2) is 0 Å². The number of halogens is 1. The molecule has 0 aromatic heterocycles. The molecule has 116 valence electrons. The van der Waals surface area contributed by atoms with Gasteiger partial charge in [-0.1, -0.05) is 37.6 Å². The Morgan fingerprint density at radius 1 is 1.29 bits per heavy atom. The fraction of sp³-hybridized carbons (Fsp3) is 0.667. The van der Waals surface area contributed by atoms with Crippen LogP contribution in [0.25, 0.3) is 0 Å². The van der Waals surface area contributed by atoms with Gasteiger partial charge in [0.15, 0.2) is 0 Å². The summed E-state index contributed by atoms with van der Waals surface area (Å²) in [6, 6.07) is 9.35. The Hall–Kier alpha value is -0.570. The Labute approximate surface area is 133 Å². The standard InChI is InChI=1S/C18H26ClNO/c1-4-21-16-11-15(18(16,2)3)20-17(12-5-6-12)13-7-9-14(19)10-8-13/h7-10,12,15-17,20H,4-6,11H2,1-3H3. The molecule has 0 spiro atoms. The number of nitrogens with one attached hydrogen (secondary N) is 1. The highest BCUT2D eigenvalue weighted by Crippen LogP contribution is 2.47. The minimum absolute atomic E-state index is 0.218. The van der Waals surface area contributed by atoms with Gasteiger partial charge in [0.05, 0.1) is 6.10 Å². The van der Waals surface area contributed by atoms with Crippen LogP contribution in [0.3, 0.4) is 0 Å². The number of hydrogen-bond acceptors (Lipinski definition) is 2. The summed E-state index contributed by atoms with van der Waals surface area (Å²) in [5.74, 6) is 0.785. The van der Waals surface area contributed by atoms with E-state index in [1.807, 2.05) is 12.1 Å². The van der Waals surface area contributed by atoms with Crippen molar-refractivity contribution < 1.29 is 4.74 Å². The predicted molar refractivity (Wildman–Crippen MR) is 87.7 cm³/mol. The molecule has 3 atom stereocenters. The fourth-order valence-electron chi connectivity index (χ4n) is 3.47. The van der Waals surface area contributed by atoms with E-state index in [0.29, 0.717) is 18.2 Å². The van der Waals surface area contributed by atoms with Gasteiger partial charge in [0.2, 0.25) is 0 Å². The van der Waals surface area contributed by atoms with Crippen molar-refractivity contribution in [3.8, 4) is 0 Å². The third-order valence-corrected chi connectivity index (χ3v) is 5.50. The Morgan fingerprint density at radius 3 is 2.48 bits per heavy atom. The summed E-state index contributed by atoms with van der Waals surface area (Å²) in [6.07, 6.45) is 4.19. The molecule has 0 amide bonds. The molecule has 1 aromatic carbocycles. The number of ether oxygens (including phenoxy) is 1. The maximum Gasteiger partial charge on any atom is 0.0655 e. The molecule has 0 heterocycles. The van der Waals surface area contributed by atoms with Gasteiger partial charge in [0.25, 0.3) is 0 Å². The first-order valence-corrected chi connectivity index (χ1v) is 8.53. The first-order valence-electron chi connectivity index (χ1n) is 8.15. The number of benzene rings is 1. The Balaban J connectivity index is 1.68. The second-order valence-corrected chi connectivity index (χ2v) is 7.52. The van der Waals surface area contributed by atoms with Crippen LogP contribution in [-0.4, -0.2) is 18.8 Å². The van der Waals surface area contributed by atoms with E-state index in [-0.39, 0.29) is 5.41 Å². The predicted octanol–water partition coefficient (Wildman–Crippen LogP) is 4.58. The van der Waals surface area contributed by atoms with E-state index < -0.39 is 0 Å². The first-order chi connectivity index (χ1) is 10.0. The zero-order valence-corrected chi connectivity index (χ0v) is 14.0. The third-order valence-electron chi connectivity index (χ3n) is 5.25. The highest BCUT2D eigenvalue weighted by Gasteiger charge is 2.50. The van der Waals surface area contributed by atoms with Crippen molar-refractivity contribution in [2.24, 2.45) is 11.3 Å². The van der Waals surface area contributed by atoms with Crippen molar-refractivity contribution in [1.82, 2.24) is 5.32 Å². The van der Waals surface area contributed by atoms with Crippen molar-refractivity contribution in [3.05, 3.63) is 34.9 Å². The Morgan fingerprint density at radius 2 is 1.95 bits per heavy atom. The average molecular weight is 308 g/mol. The summed E-state index contributed by atoms with van der Waals surface area (Å²) in [6.45, 7) is 7.53. The highest BCUT2D eigenvalue weighted by atomic mass is 35.5. The van der Waals surface area contributed by atoms with Crippen LogP contribution in [0.1, 0.15) is 51.6 Å². The second-order valence-electron chi connectivity index (χ2n) is 7.09. The average Bonchev–Trinajstić information content (AvgIpc) is 3.28. The first kappa shape index (κ1) is 15.3. The SMILES string of the molecule is CCOC1CC(NC(c2ccc(Cl)cc2)C2CC2)C1(C)C. The van der Waals surface area contributed by atoms with Gasteiger partial charge in [-0.05, 0) is 49.8 Å². The fourth-order valence-corrected chi connectivity index (χ4v) is 3.60. The molecule has 2 aliphatic carbocycles. The lowest BCUT2D eigenvalue weighted by Crippen LogP contribution is -2.61. The second kappa shape index (κ2) is 5.91. The van der Waals surface area contributed by atoms with Gasteiger partial charge in [-0.2, -0.15) is 0 Å². The molecule has 0 aliphatic heterocycles. The molecule has 2 aliphatic rings. The minimum atomic E-state index is 0.218. The maximum atomic E-state index is 6.02. The molecule has 0 radical (unpaired) electrons. The Bertz CT molecular complexity index is 480. The van der Waals surface area contributed by atoms with E-state index in [1.54, 1.807) is 0 Å². The third kappa shape index (κ3) is 3.13. The van der Waals surface area contributed by atoms with Crippen LogP contribution in [0.4, 0.5) is 0 Å². The molecule has 2 nitrogen and oxygen atoms in total. The van der Waals surface area contributed by atoms with Gasteiger partial charge in [0.1, 0.15) is 0 Å². The summed E-state index contributed by atoms with van der Waals surface area (Å²) in [5, 5.41) is 4.72. The van der Waals surface area contributed by atoms with Gasteiger partial charge < -0.3 is 10.1 Å². The smallest absolute Gasteiger partial charge is 0.0655 e. The van der Waals surface area contributed by atoms with Crippen LogP contribution >= 0.6 is 11.6 Å². The van der Waals surface area contributed by atoms with Gasteiger partial charge >= 0.3 is 0 Å². The van der Waals surface area contributed by atoms with Crippen molar-refractivity contribution >= 4 is 11.6 Å². The van der Waals surface area contributed by atoms with E-state index >= 15 is 0 Å². The minimum Gasteiger partial charge on any atom is -0.378 e. The molecule has 2 saturated carbocycles. The molecule has 21 heavy (non-hydrogen) atoms. The molecule has 0 bridgehead atoms. The lowest BCUT2D eigenvalue weighted by Gasteiger charge is -2.53. The molecular formula is C18H26ClNO. The summed E-state index contributed by atoms with van der Waals surface area (Å²) < 4.78 is 5.84. The van der Waals surface area contributed by atoms with Crippen molar-refractivity contribution in [2.45, 2.75) is 58.2 Å². The molecule has 3 unspecified atom stereocenters. The zero-order valence-electron chi connectivity index (χ0n) is 13.2. The molecule has 1 aromatic rings. The maximum absolute atomic E-state index is 6.02. The highest BCUT2D eigenvalue weighted by molar-refractivity contribution is 6.30. The molecule has 0 saturated heterocycles. The van der Waals surface area contributed by atoms with Crippen molar-refractivity contribution in [1.29, 1.82) is 0 Å². The van der Waals surface area contributed by atoms with E-state index in [1.165, 1.54) is 18.4 Å². The molecule has 3 heteroatoms. The zero-order chi connectivity index (χ0) is 15.0. The van der Waals surface area contributed by atoms with Crippen LogP contribution in [0.5, 0.6) is 0 Å². The monoisotopic (exact) mass is 307 g/mol. The van der Waals surface area contributed by atoms with Crippen LogP contribution in [0.15, 0.2) is 24.3 Å². The largest absolute Gasteiger partial charge is 0.378 e. The van der Waals surface area contributed by atoms with Crippen LogP contribution in [-0.2, 0) is 4.74 Å². The van der Waals surface area contributed by atoms with Crippen LogP contribution < -0.4 is 5.32 Å². The van der Waals surface area contributed by atoms with Crippen LogP contribution in [0, 0.1) is 11.3 Å². The normalized spacial score (nSPS) is 29.0. The van der Waals surface area contributed by atoms with Crippen molar-refractivity contribution in [2.75, 3.05) is 6.61 Å². The lowest BCUT2D eigenvalue weighted by molar-refractivity contribution is -0.117. The van der Waals surface area contributed by atoms with E-state index in [0.717, 1.165) is 24.0 Å². The summed E-state index contributed by atoms with van der Waals surface area (Å²) in [5.41, 5.74) is 1.59. The van der Waals surface area contributed by atoms with Gasteiger partial charge in [-0.15, -0.1) is 0 Å². The quantitative estimate of drug-likeness (QED) is 0.830. The van der Waals surface area contributed by atoms with E-state index in [4.69, 9.17) is 16.3 Å². The molecule has 1 N–H and O–H groups in total. The summed E-state index contributed by atoms with van der Waals surface area (Å²) in [4.78, 5) is 0. The van der Waals surface area contributed by atoms with Gasteiger partial charge in [0, 0.05) is 29.1 Å². The summed E-state index contributed by atoms with van der Waals surface area (Å²) in [7, 11) is 0. The van der Waals surface area contributed by atoms with Crippen molar-refractivity contribution in [3.63, 3.8) is 0 Å². The number of rotatable bonds is 6. The van der Waals surface area contributed by atoms with Gasteiger partial charge in [-0.3, -0.25) is 0 Å². The molecular weight excluding hydrogens is 282 g/mol. The van der Waals surface area contributed by atoms with E-state index in [2.05, 4.69) is 38.2 Å². The Kier molecular flexibility index (Phi) is 4.31.